The van der Waals surface area contributed by atoms with Gasteiger partial charge in [0.2, 0.25) is 10.0 Å². The number of benzene rings is 2. The van der Waals surface area contributed by atoms with E-state index in [-0.39, 0.29) is 41.5 Å². The van der Waals surface area contributed by atoms with E-state index in [4.69, 9.17) is 4.74 Å². The first kappa shape index (κ1) is 24.1. The number of hydrogen-bond acceptors (Lipinski definition) is 5. The van der Waals surface area contributed by atoms with Crippen LogP contribution in [0.25, 0.3) is 0 Å². The highest BCUT2D eigenvalue weighted by atomic mass is 32.2. The Balaban J connectivity index is 1.60. The van der Waals surface area contributed by atoms with Crippen molar-refractivity contribution in [1.29, 1.82) is 0 Å². The van der Waals surface area contributed by atoms with E-state index in [0.29, 0.717) is 13.0 Å². The minimum atomic E-state index is -3.75. The van der Waals surface area contributed by atoms with Gasteiger partial charge in [-0.15, -0.1) is 0 Å². The van der Waals surface area contributed by atoms with E-state index in [0.717, 1.165) is 5.56 Å². The number of carbonyl (C=O) groups is 1. The van der Waals surface area contributed by atoms with Crippen molar-refractivity contribution in [3.63, 3.8) is 0 Å². The number of carbonyl (C=O) groups excluding carboxylic acids is 1. The van der Waals surface area contributed by atoms with Crippen LogP contribution in [-0.4, -0.2) is 57.1 Å². The number of ether oxygens (including phenoxy) is 2. The Labute approximate surface area is 186 Å². The summed E-state index contributed by atoms with van der Waals surface area (Å²) >= 11 is 0. The van der Waals surface area contributed by atoms with Crippen LogP contribution in [0.3, 0.4) is 0 Å². The van der Waals surface area contributed by atoms with E-state index in [1.807, 2.05) is 13.8 Å². The van der Waals surface area contributed by atoms with Crippen LogP contribution in [0.5, 0.6) is 5.75 Å². The second-order valence-electron chi connectivity index (χ2n) is 7.64. The molecule has 1 N–H and O–H groups in total. The number of hydrogen-bond donors (Lipinski definition) is 1. The highest BCUT2D eigenvalue weighted by Gasteiger charge is 2.32. The van der Waals surface area contributed by atoms with E-state index in [1.54, 1.807) is 18.2 Å². The lowest BCUT2D eigenvalue weighted by atomic mass is 10.1. The largest absolute Gasteiger partial charge is 0.435 e. The molecule has 32 heavy (non-hydrogen) atoms. The maximum absolute atomic E-state index is 13.0. The Bertz CT molecular complexity index is 1020. The van der Waals surface area contributed by atoms with Crippen molar-refractivity contribution in [3.05, 3.63) is 59.7 Å². The van der Waals surface area contributed by atoms with E-state index in [9.17, 15) is 22.0 Å². The molecule has 0 bridgehead atoms. The van der Waals surface area contributed by atoms with E-state index < -0.39 is 22.5 Å². The Morgan fingerprint density at radius 1 is 1.16 bits per heavy atom. The molecule has 0 spiro atoms. The first-order valence-corrected chi connectivity index (χ1v) is 11.7. The molecular weight excluding hydrogens is 442 g/mol. The Morgan fingerprint density at radius 3 is 2.44 bits per heavy atom. The van der Waals surface area contributed by atoms with Crippen molar-refractivity contribution in [1.82, 2.24) is 9.62 Å². The highest BCUT2D eigenvalue weighted by Crippen LogP contribution is 2.22. The summed E-state index contributed by atoms with van der Waals surface area (Å²) in [5.41, 5.74) is 1.07. The van der Waals surface area contributed by atoms with Gasteiger partial charge in [-0.1, -0.05) is 18.2 Å². The van der Waals surface area contributed by atoms with Gasteiger partial charge in [0.1, 0.15) is 5.75 Å². The SMILES string of the molecule is CC1CN(S(=O)(=O)c2cccc(C(=O)NCCc3ccc(OC(F)F)cc3)c2)CC(C)O1. The molecule has 10 heteroatoms. The monoisotopic (exact) mass is 468 g/mol. The molecule has 0 aliphatic carbocycles. The fraction of sp³-hybridized carbons (Fsp3) is 0.409. The zero-order chi connectivity index (χ0) is 23.3. The molecule has 1 amide bonds. The van der Waals surface area contributed by atoms with Gasteiger partial charge < -0.3 is 14.8 Å². The van der Waals surface area contributed by atoms with Crippen molar-refractivity contribution < 1.29 is 31.5 Å². The average Bonchev–Trinajstić information content (AvgIpc) is 2.74. The fourth-order valence-electron chi connectivity index (χ4n) is 3.53. The van der Waals surface area contributed by atoms with E-state index in [1.165, 1.54) is 34.6 Å². The lowest BCUT2D eigenvalue weighted by Gasteiger charge is -2.34. The summed E-state index contributed by atoms with van der Waals surface area (Å²) in [6.45, 7) is 1.57. The maximum Gasteiger partial charge on any atom is 0.387 e. The van der Waals surface area contributed by atoms with Gasteiger partial charge in [0.15, 0.2) is 0 Å². The van der Waals surface area contributed by atoms with Crippen LogP contribution in [-0.2, 0) is 21.2 Å². The Kier molecular flexibility index (Phi) is 7.81. The molecule has 2 aromatic rings. The smallest absolute Gasteiger partial charge is 0.387 e. The van der Waals surface area contributed by atoms with E-state index >= 15 is 0 Å². The standard InChI is InChI=1S/C22H26F2N2O5S/c1-15-13-26(14-16(2)30-15)32(28,29)20-5-3-4-18(12-20)21(27)25-11-10-17-6-8-19(9-7-17)31-22(23)24/h3-9,12,15-16,22H,10-11,13-14H2,1-2H3,(H,25,27). The number of sulfonamides is 1. The summed E-state index contributed by atoms with van der Waals surface area (Å²) < 4.78 is 61.7. The van der Waals surface area contributed by atoms with Crippen molar-refractivity contribution in [2.24, 2.45) is 0 Å². The van der Waals surface area contributed by atoms with Gasteiger partial charge in [0.05, 0.1) is 17.1 Å². The van der Waals surface area contributed by atoms with Crippen LogP contribution in [0.1, 0.15) is 29.8 Å². The second-order valence-corrected chi connectivity index (χ2v) is 9.57. The van der Waals surface area contributed by atoms with Crippen LogP contribution in [0.15, 0.2) is 53.4 Å². The first-order chi connectivity index (χ1) is 15.1. The zero-order valence-electron chi connectivity index (χ0n) is 17.8. The number of nitrogens with zero attached hydrogens (tertiary/aromatic N) is 1. The lowest BCUT2D eigenvalue weighted by Crippen LogP contribution is -2.48. The quantitative estimate of drug-likeness (QED) is 0.644. The summed E-state index contributed by atoms with van der Waals surface area (Å²) in [5.74, 6) is -0.335. The molecule has 1 aliphatic rings. The molecule has 174 valence electrons. The third kappa shape index (κ3) is 6.24. The number of amides is 1. The molecule has 2 atom stereocenters. The fourth-order valence-corrected chi connectivity index (χ4v) is 5.17. The van der Waals surface area contributed by atoms with Crippen LogP contribution < -0.4 is 10.1 Å². The average molecular weight is 469 g/mol. The van der Waals surface area contributed by atoms with Gasteiger partial charge in [-0.3, -0.25) is 4.79 Å². The molecule has 2 aromatic carbocycles. The molecule has 2 unspecified atom stereocenters. The van der Waals surface area contributed by atoms with Gasteiger partial charge in [-0.05, 0) is 56.2 Å². The predicted octanol–water partition coefficient (Wildman–Crippen LogP) is 3.06. The molecule has 0 aromatic heterocycles. The Morgan fingerprint density at radius 2 is 1.81 bits per heavy atom. The molecule has 1 heterocycles. The van der Waals surface area contributed by atoms with Crippen LogP contribution in [0.4, 0.5) is 8.78 Å². The minimum absolute atomic E-state index is 0.0565. The van der Waals surface area contributed by atoms with Gasteiger partial charge in [-0.25, -0.2) is 8.42 Å². The molecule has 1 saturated heterocycles. The molecule has 1 aliphatic heterocycles. The third-order valence-corrected chi connectivity index (χ3v) is 6.80. The summed E-state index contributed by atoms with van der Waals surface area (Å²) in [6, 6.07) is 12.1. The molecule has 1 fully saturated rings. The van der Waals surface area contributed by atoms with E-state index in [2.05, 4.69) is 10.1 Å². The van der Waals surface area contributed by atoms with Gasteiger partial charge in [-0.2, -0.15) is 13.1 Å². The predicted molar refractivity (Wildman–Crippen MR) is 114 cm³/mol. The summed E-state index contributed by atoms with van der Waals surface area (Å²) in [5, 5.41) is 2.75. The molecule has 7 nitrogen and oxygen atoms in total. The number of rotatable bonds is 8. The molecular formula is C22H26F2N2O5S. The second kappa shape index (κ2) is 10.4. The number of morpholine rings is 1. The van der Waals surface area contributed by atoms with Gasteiger partial charge in [0.25, 0.3) is 5.91 Å². The van der Waals surface area contributed by atoms with Crippen molar-refractivity contribution in [3.8, 4) is 5.75 Å². The molecule has 0 radical (unpaired) electrons. The van der Waals surface area contributed by atoms with Gasteiger partial charge in [0, 0.05) is 25.2 Å². The van der Waals surface area contributed by atoms with Crippen LogP contribution in [0, 0.1) is 0 Å². The number of nitrogens with one attached hydrogen (secondary N) is 1. The number of halogens is 2. The summed E-state index contributed by atoms with van der Waals surface area (Å²) in [4.78, 5) is 12.6. The third-order valence-electron chi connectivity index (χ3n) is 4.97. The molecule has 0 saturated carbocycles. The maximum atomic E-state index is 13.0. The number of alkyl halides is 2. The van der Waals surface area contributed by atoms with Crippen LogP contribution in [0.2, 0.25) is 0 Å². The lowest BCUT2D eigenvalue weighted by molar-refractivity contribution is -0.0498. The normalized spacial score (nSPS) is 19.7. The van der Waals surface area contributed by atoms with Gasteiger partial charge >= 0.3 is 6.61 Å². The Hall–Kier alpha value is -2.56. The van der Waals surface area contributed by atoms with Crippen LogP contribution >= 0.6 is 0 Å². The van der Waals surface area contributed by atoms with Crippen molar-refractivity contribution >= 4 is 15.9 Å². The van der Waals surface area contributed by atoms with Crippen molar-refractivity contribution in [2.75, 3.05) is 19.6 Å². The minimum Gasteiger partial charge on any atom is -0.435 e. The summed E-state index contributed by atoms with van der Waals surface area (Å²) in [7, 11) is -3.75. The molecule has 3 rings (SSSR count). The highest BCUT2D eigenvalue weighted by molar-refractivity contribution is 7.89. The first-order valence-electron chi connectivity index (χ1n) is 10.2. The zero-order valence-corrected chi connectivity index (χ0v) is 18.6. The topological polar surface area (TPSA) is 84.9 Å². The van der Waals surface area contributed by atoms with Crippen molar-refractivity contribution in [2.45, 2.75) is 44.0 Å². The summed E-state index contributed by atoms with van der Waals surface area (Å²) in [6.07, 6.45) is 0.0504.